The molecule has 0 atom stereocenters. The van der Waals surface area contributed by atoms with Crippen LogP contribution in [0.25, 0.3) is 50.3 Å². The summed E-state index contributed by atoms with van der Waals surface area (Å²) < 4.78 is 14.4. The van der Waals surface area contributed by atoms with Gasteiger partial charge in [0.2, 0.25) is 0 Å². The minimum absolute atomic E-state index is 0. The fraction of sp³-hybridized carbons (Fsp3) is 0.0513. The molecule has 0 aliphatic rings. The van der Waals surface area contributed by atoms with Crippen molar-refractivity contribution in [3.8, 4) is 51.5 Å². The maximum Gasteiger partial charge on any atom is 2.00 e. The zero-order valence-corrected chi connectivity index (χ0v) is 29.9. The molecule has 10 heteroatoms. The summed E-state index contributed by atoms with van der Waals surface area (Å²) in [5.74, 6) is 2.49. The van der Waals surface area contributed by atoms with E-state index < -0.39 is 0 Å². The third-order valence-electron chi connectivity index (χ3n) is 7.67. The Bertz CT molecular complexity index is 2260. The SMILES string of the molecule is Cc1nnc(-n2c3[c-]c(Oc4[c-]c(-c5ccccn5)ccc4)ccc3c3ccc(Oc4[c-]c(-c5ccccn5)ccc4)[c-]c32)nc1C.[Pd+2].[Pt+2]. The van der Waals surface area contributed by atoms with Gasteiger partial charge in [0.25, 0.3) is 5.95 Å². The predicted octanol–water partition coefficient (Wildman–Crippen LogP) is 8.49. The van der Waals surface area contributed by atoms with E-state index in [1.807, 2.05) is 115 Å². The van der Waals surface area contributed by atoms with Crippen molar-refractivity contribution < 1.29 is 51.0 Å². The maximum absolute atomic E-state index is 6.28. The second-order valence-corrected chi connectivity index (χ2v) is 10.8. The third kappa shape index (κ3) is 6.93. The van der Waals surface area contributed by atoms with Crippen molar-refractivity contribution in [2.45, 2.75) is 13.8 Å². The molecule has 0 N–H and O–H groups in total. The topological polar surface area (TPSA) is 87.8 Å². The standard InChI is InChI=1S/C39H24N6O2.Pd.Pt/c1-25-26(2)43-44-39(42-25)45-37-23-31(46-29-11-7-9-27(21-29)35-13-3-5-19-40-35)15-17-33(37)34-18-16-32(24-38(34)45)47-30-12-8-10-28(22-30)36-14-4-6-20-41-36;;/h3-20H,1-2H3;;/q-4;2*+2. The fourth-order valence-electron chi connectivity index (χ4n) is 5.28. The van der Waals surface area contributed by atoms with Crippen molar-refractivity contribution in [3.63, 3.8) is 0 Å². The summed E-state index contributed by atoms with van der Waals surface area (Å²) >= 11 is 0. The molecule has 0 saturated heterocycles. The Balaban J connectivity index is 0.00000208. The Morgan fingerprint density at radius 3 is 1.51 bits per heavy atom. The van der Waals surface area contributed by atoms with Crippen LogP contribution in [-0.4, -0.2) is 29.7 Å². The first kappa shape index (κ1) is 33.8. The molecule has 0 bridgehead atoms. The van der Waals surface area contributed by atoms with E-state index in [-0.39, 0.29) is 41.5 Å². The smallest absolute Gasteiger partial charge is 0.503 e. The second-order valence-electron chi connectivity index (χ2n) is 10.8. The molecule has 4 aromatic carbocycles. The first-order chi connectivity index (χ1) is 23.1. The van der Waals surface area contributed by atoms with Gasteiger partial charge in [-0.1, -0.05) is 47.4 Å². The van der Waals surface area contributed by atoms with Crippen LogP contribution in [0.2, 0.25) is 0 Å². The molecule has 0 saturated carbocycles. The van der Waals surface area contributed by atoms with Crippen LogP contribution in [0.3, 0.4) is 0 Å². The van der Waals surface area contributed by atoms with Gasteiger partial charge in [0.1, 0.15) is 0 Å². The number of benzene rings is 4. The normalized spacial score (nSPS) is 10.7. The molecule has 0 radical (unpaired) electrons. The van der Waals surface area contributed by atoms with E-state index in [2.05, 4.69) is 44.4 Å². The van der Waals surface area contributed by atoms with Crippen LogP contribution in [0.15, 0.2) is 109 Å². The van der Waals surface area contributed by atoms with E-state index >= 15 is 0 Å². The summed E-state index contributed by atoms with van der Waals surface area (Å²) in [6, 6.07) is 44.2. The summed E-state index contributed by atoms with van der Waals surface area (Å²) in [6.07, 6.45) is 3.51. The van der Waals surface area contributed by atoms with Crippen LogP contribution in [0.1, 0.15) is 11.4 Å². The van der Waals surface area contributed by atoms with Gasteiger partial charge in [-0.15, -0.1) is 76.9 Å². The van der Waals surface area contributed by atoms with E-state index in [0.717, 1.165) is 44.7 Å². The predicted molar refractivity (Wildman–Crippen MR) is 178 cm³/mol. The Labute approximate surface area is 311 Å². The zero-order chi connectivity index (χ0) is 31.7. The Morgan fingerprint density at radius 2 is 1.04 bits per heavy atom. The average molecular weight is 910 g/mol. The van der Waals surface area contributed by atoms with Crippen molar-refractivity contribution in [1.29, 1.82) is 0 Å². The van der Waals surface area contributed by atoms with E-state index in [0.29, 0.717) is 40.0 Å². The quantitative estimate of drug-likeness (QED) is 0.117. The summed E-state index contributed by atoms with van der Waals surface area (Å²) in [7, 11) is 0. The number of aryl methyl sites for hydroxylation is 2. The zero-order valence-electron chi connectivity index (χ0n) is 26.0. The van der Waals surface area contributed by atoms with E-state index in [1.165, 1.54) is 0 Å². The van der Waals surface area contributed by atoms with Crippen molar-refractivity contribution >= 4 is 21.8 Å². The molecule has 0 unspecified atom stereocenters. The molecule has 49 heavy (non-hydrogen) atoms. The van der Waals surface area contributed by atoms with Crippen molar-refractivity contribution in [2.24, 2.45) is 0 Å². The van der Waals surface area contributed by atoms with Gasteiger partial charge in [-0.25, -0.2) is 4.98 Å². The monoisotopic (exact) mass is 909 g/mol. The molecule has 0 spiro atoms. The first-order valence-corrected chi connectivity index (χ1v) is 14.9. The number of hydrogen-bond donors (Lipinski definition) is 0. The Morgan fingerprint density at radius 1 is 0.531 bits per heavy atom. The fourth-order valence-corrected chi connectivity index (χ4v) is 5.28. The van der Waals surface area contributed by atoms with Crippen LogP contribution in [0.5, 0.6) is 23.0 Å². The van der Waals surface area contributed by atoms with Gasteiger partial charge >= 0.3 is 41.5 Å². The molecule has 4 heterocycles. The molecule has 242 valence electrons. The summed E-state index contributed by atoms with van der Waals surface area (Å²) in [6.45, 7) is 3.79. The Kier molecular flexibility index (Phi) is 10.1. The summed E-state index contributed by atoms with van der Waals surface area (Å²) in [5, 5.41) is 10.7. The van der Waals surface area contributed by atoms with Crippen molar-refractivity contribution in [2.75, 3.05) is 0 Å². The number of rotatable bonds is 7. The van der Waals surface area contributed by atoms with Gasteiger partial charge in [-0.2, -0.15) is 28.0 Å². The van der Waals surface area contributed by atoms with E-state index in [1.54, 1.807) is 12.4 Å². The average Bonchev–Trinajstić information content (AvgIpc) is 3.43. The molecular weight excluding hydrogens is 886 g/mol. The van der Waals surface area contributed by atoms with E-state index in [9.17, 15) is 0 Å². The number of nitrogens with zero attached hydrogens (tertiary/aromatic N) is 6. The molecule has 0 aliphatic carbocycles. The van der Waals surface area contributed by atoms with Gasteiger partial charge in [-0.05, 0) is 37.4 Å². The van der Waals surface area contributed by atoms with Crippen molar-refractivity contribution in [3.05, 3.63) is 145 Å². The number of pyridine rings is 2. The maximum atomic E-state index is 6.28. The molecule has 8 aromatic rings. The largest absolute Gasteiger partial charge is 2.00 e. The van der Waals surface area contributed by atoms with Crippen molar-refractivity contribution in [1.82, 2.24) is 29.7 Å². The molecule has 0 fully saturated rings. The first-order valence-electron chi connectivity index (χ1n) is 14.9. The van der Waals surface area contributed by atoms with E-state index in [4.69, 9.17) is 14.5 Å². The van der Waals surface area contributed by atoms with Gasteiger partial charge in [0.05, 0.1) is 11.4 Å². The summed E-state index contributed by atoms with van der Waals surface area (Å²) in [4.78, 5) is 13.6. The number of aromatic nitrogens is 6. The molecule has 4 aromatic heterocycles. The van der Waals surface area contributed by atoms with Crippen LogP contribution in [-0.2, 0) is 41.5 Å². The van der Waals surface area contributed by atoms with Crippen LogP contribution < -0.4 is 9.47 Å². The second kappa shape index (κ2) is 14.6. The van der Waals surface area contributed by atoms with Crippen LogP contribution in [0, 0.1) is 38.1 Å². The molecular formula is C39H24N6O2PdPt. The van der Waals surface area contributed by atoms with Gasteiger partial charge < -0.3 is 24.0 Å². The summed E-state index contributed by atoms with van der Waals surface area (Å²) in [5.41, 5.74) is 6.23. The molecule has 0 amide bonds. The minimum Gasteiger partial charge on any atom is -0.503 e. The third-order valence-corrected chi connectivity index (χ3v) is 7.67. The molecule has 8 rings (SSSR count). The number of fused-ring (bicyclic) bond motifs is 3. The van der Waals surface area contributed by atoms with Gasteiger partial charge in [0.15, 0.2) is 0 Å². The molecule has 8 nitrogen and oxygen atoms in total. The molecule has 0 aliphatic heterocycles. The van der Waals surface area contributed by atoms with Crippen LogP contribution >= 0.6 is 0 Å². The van der Waals surface area contributed by atoms with Gasteiger partial charge in [-0.3, -0.25) is 0 Å². The number of ether oxygens (including phenoxy) is 2. The Hall–Kier alpha value is -5.06. The minimum atomic E-state index is 0. The van der Waals surface area contributed by atoms with Gasteiger partial charge in [0, 0.05) is 35.4 Å². The van der Waals surface area contributed by atoms with Crippen LogP contribution in [0.4, 0.5) is 0 Å². The number of hydrogen-bond acceptors (Lipinski definition) is 7.